The Kier molecular flexibility index (Phi) is 2.72. The maximum absolute atomic E-state index is 11.1. The first-order chi connectivity index (χ1) is 6.05. The summed E-state index contributed by atoms with van der Waals surface area (Å²) in [6.07, 6.45) is 2.87. The van der Waals surface area contributed by atoms with Crippen molar-refractivity contribution >= 4 is 21.4 Å². The Morgan fingerprint density at radius 1 is 1.62 bits per heavy atom. The second kappa shape index (κ2) is 3.61. The van der Waals surface area contributed by atoms with Gasteiger partial charge in [0.25, 0.3) is 0 Å². The maximum atomic E-state index is 11.1. The van der Waals surface area contributed by atoms with Crippen LogP contribution in [0.5, 0.6) is 0 Å². The zero-order valence-corrected chi connectivity index (χ0v) is 8.00. The first-order valence-electron chi connectivity index (χ1n) is 3.75. The monoisotopic (exact) mass is 201 g/mol. The summed E-state index contributed by atoms with van der Waals surface area (Å²) >= 11 is 0. The molecule has 1 heterocycles. The Morgan fingerprint density at radius 3 is 2.85 bits per heavy atom. The molecular formula is C7H11N3O2S. The molecule has 0 aliphatic heterocycles. The first kappa shape index (κ1) is 9.79. The number of nitrogen functional groups attached to an aromatic ring is 1. The standard InChI is InChI=1S/C7H11N3O2S/c1-2-13(11,12)10-7-3-4-9-5-6(7)8/h3-5H,2,8H2,1H3,(H,9,10). The summed E-state index contributed by atoms with van der Waals surface area (Å²) in [6.45, 7) is 1.56. The molecule has 0 saturated carbocycles. The molecule has 0 unspecified atom stereocenters. The van der Waals surface area contributed by atoms with Gasteiger partial charge in [-0.25, -0.2) is 8.42 Å². The van der Waals surface area contributed by atoms with Gasteiger partial charge in [0.2, 0.25) is 10.0 Å². The minimum atomic E-state index is -3.25. The molecular weight excluding hydrogens is 190 g/mol. The zero-order valence-electron chi connectivity index (χ0n) is 7.19. The second-order valence-corrected chi connectivity index (χ2v) is 4.48. The Morgan fingerprint density at radius 2 is 2.31 bits per heavy atom. The van der Waals surface area contributed by atoms with E-state index in [9.17, 15) is 8.42 Å². The predicted molar refractivity (Wildman–Crippen MR) is 51.7 cm³/mol. The maximum Gasteiger partial charge on any atom is 0.232 e. The molecule has 5 nitrogen and oxygen atoms in total. The minimum Gasteiger partial charge on any atom is -0.396 e. The Hall–Kier alpha value is -1.30. The van der Waals surface area contributed by atoms with Gasteiger partial charge in [-0.15, -0.1) is 0 Å². The van der Waals surface area contributed by atoms with Crippen LogP contribution < -0.4 is 10.5 Å². The Bertz CT molecular complexity index is 388. The number of anilines is 2. The van der Waals surface area contributed by atoms with Crippen LogP contribution in [-0.2, 0) is 10.0 Å². The number of nitrogens with two attached hydrogens (primary N) is 1. The van der Waals surface area contributed by atoms with E-state index in [1.54, 1.807) is 6.92 Å². The van der Waals surface area contributed by atoms with Crippen LogP contribution in [0.4, 0.5) is 11.4 Å². The lowest BCUT2D eigenvalue weighted by atomic mass is 10.4. The molecule has 0 aliphatic rings. The van der Waals surface area contributed by atoms with Gasteiger partial charge >= 0.3 is 0 Å². The fourth-order valence-electron chi connectivity index (χ4n) is 0.739. The summed E-state index contributed by atoms with van der Waals surface area (Å²) < 4.78 is 24.6. The van der Waals surface area contributed by atoms with E-state index in [0.29, 0.717) is 11.4 Å². The Balaban J connectivity index is 2.93. The highest BCUT2D eigenvalue weighted by Crippen LogP contribution is 2.16. The summed E-state index contributed by atoms with van der Waals surface area (Å²) in [5, 5.41) is 0. The average molecular weight is 201 g/mol. The van der Waals surface area contributed by atoms with Gasteiger partial charge in [-0.05, 0) is 13.0 Å². The largest absolute Gasteiger partial charge is 0.396 e. The number of hydrogen-bond acceptors (Lipinski definition) is 4. The molecule has 0 spiro atoms. The van der Waals surface area contributed by atoms with Gasteiger partial charge in [0.05, 0.1) is 23.3 Å². The quantitative estimate of drug-likeness (QED) is 0.742. The van der Waals surface area contributed by atoms with Gasteiger partial charge < -0.3 is 5.73 Å². The average Bonchev–Trinajstić information content (AvgIpc) is 2.09. The third-order valence-electron chi connectivity index (χ3n) is 1.50. The molecule has 1 aromatic heterocycles. The summed E-state index contributed by atoms with van der Waals surface area (Å²) in [5.74, 6) is 0.0226. The van der Waals surface area contributed by atoms with Crippen molar-refractivity contribution in [1.29, 1.82) is 0 Å². The van der Waals surface area contributed by atoms with Crippen LogP contribution in [0, 0.1) is 0 Å². The molecule has 0 saturated heterocycles. The highest BCUT2D eigenvalue weighted by Gasteiger charge is 2.08. The lowest BCUT2D eigenvalue weighted by molar-refractivity contribution is 0.602. The van der Waals surface area contributed by atoms with E-state index in [2.05, 4.69) is 9.71 Å². The second-order valence-electron chi connectivity index (χ2n) is 2.47. The van der Waals surface area contributed by atoms with Crippen LogP contribution >= 0.6 is 0 Å². The Labute approximate surface area is 77.0 Å². The highest BCUT2D eigenvalue weighted by molar-refractivity contribution is 7.92. The van der Waals surface area contributed by atoms with Crippen LogP contribution in [0.15, 0.2) is 18.5 Å². The van der Waals surface area contributed by atoms with Crippen molar-refractivity contribution in [2.24, 2.45) is 0 Å². The van der Waals surface area contributed by atoms with Crippen molar-refractivity contribution in [3.05, 3.63) is 18.5 Å². The van der Waals surface area contributed by atoms with Crippen LogP contribution in [0.1, 0.15) is 6.92 Å². The van der Waals surface area contributed by atoms with Gasteiger partial charge in [0.1, 0.15) is 0 Å². The lowest BCUT2D eigenvalue weighted by Gasteiger charge is -2.07. The molecule has 72 valence electrons. The van der Waals surface area contributed by atoms with E-state index >= 15 is 0 Å². The van der Waals surface area contributed by atoms with Crippen LogP contribution in [0.25, 0.3) is 0 Å². The third kappa shape index (κ3) is 2.59. The fraction of sp³-hybridized carbons (Fsp3) is 0.286. The van der Waals surface area contributed by atoms with E-state index in [-0.39, 0.29) is 5.75 Å². The predicted octanol–water partition coefficient (Wildman–Crippen LogP) is 0.425. The number of rotatable bonds is 3. The normalized spacial score (nSPS) is 11.2. The molecule has 6 heteroatoms. The summed E-state index contributed by atoms with van der Waals surface area (Å²) in [4.78, 5) is 3.74. The number of aromatic nitrogens is 1. The molecule has 0 bridgehead atoms. The van der Waals surface area contributed by atoms with E-state index in [4.69, 9.17) is 5.73 Å². The highest BCUT2D eigenvalue weighted by atomic mass is 32.2. The van der Waals surface area contributed by atoms with Crippen LogP contribution in [0.3, 0.4) is 0 Å². The minimum absolute atomic E-state index is 0.0226. The number of hydrogen-bond donors (Lipinski definition) is 2. The van der Waals surface area contributed by atoms with Gasteiger partial charge in [0.15, 0.2) is 0 Å². The molecule has 0 atom stereocenters. The molecule has 1 rings (SSSR count). The topological polar surface area (TPSA) is 85.1 Å². The SMILES string of the molecule is CCS(=O)(=O)Nc1ccncc1N. The summed E-state index contributed by atoms with van der Waals surface area (Å²) in [5.41, 5.74) is 6.18. The summed E-state index contributed by atoms with van der Waals surface area (Å²) in [6, 6.07) is 1.52. The van der Waals surface area contributed by atoms with Crippen LogP contribution in [-0.4, -0.2) is 19.2 Å². The van der Waals surface area contributed by atoms with Crippen molar-refractivity contribution in [3.8, 4) is 0 Å². The summed E-state index contributed by atoms with van der Waals surface area (Å²) in [7, 11) is -3.25. The fourth-order valence-corrected chi connectivity index (χ4v) is 1.40. The third-order valence-corrected chi connectivity index (χ3v) is 2.79. The van der Waals surface area contributed by atoms with Gasteiger partial charge in [-0.3, -0.25) is 9.71 Å². The van der Waals surface area contributed by atoms with E-state index in [0.717, 1.165) is 0 Å². The number of sulfonamides is 1. The first-order valence-corrected chi connectivity index (χ1v) is 5.40. The van der Waals surface area contributed by atoms with Crippen molar-refractivity contribution in [2.45, 2.75) is 6.92 Å². The number of pyridine rings is 1. The molecule has 1 aromatic rings. The molecule has 0 aromatic carbocycles. The van der Waals surface area contributed by atoms with E-state index in [1.165, 1.54) is 18.5 Å². The smallest absolute Gasteiger partial charge is 0.232 e. The molecule has 0 aliphatic carbocycles. The van der Waals surface area contributed by atoms with Crippen molar-refractivity contribution < 1.29 is 8.42 Å². The van der Waals surface area contributed by atoms with Crippen molar-refractivity contribution in [3.63, 3.8) is 0 Å². The molecule has 0 fully saturated rings. The zero-order chi connectivity index (χ0) is 9.90. The lowest BCUT2D eigenvalue weighted by Crippen LogP contribution is -2.15. The van der Waals surface area contributed by atoms with E-state index in [1.807, 2.05) is 0 Å². The number of nitrogens with zero attached hydrogens (tertiary/aromatic N) is 1. The van der Waals surface area contributed by atoms with E-state index < -0.39 is 10.0 Å². The molecule has 13 heavy (non-hydrogen) atoms. The van der Waals surface area contributed by atoms with Crippen molar-refractivity contribution in [1.82, 2.24) is 4.98 Å². The van der Waals surface area contributed by atoms with Gasteiger partial charge in [0, 0.05) is 6.20 Å². The van der Waals surface area contributed by atoms with Gasteiger partial charge in [-0.1, -0.05) is 0 Å². The number of nitrogens with one attached hydrogen (secondary N) is 1. The molecule has 3 N–H and O–H groups in total. The van der Waals surface area contributed by atoms with Crippen molar-refractivity contribution in [2.75, 3.05) is 16.2 Å². The molecule has 0 amide bonds. The van der Waals surface area contributed by atoms with Gasteiger partial charge in [-0.2, -0.15) is 0 Å². The molecule has 0 radical (unpaired) electrons. The van der Waals surface area contributed by atoms with Crippen LogP contribution in [0.2, 0.25) is 0 Å².